The summed E-state index contributed by atoms with van der Waals surface area (Å²) < 4.78 is 7.54. The summed E-state index contributed by atoms with van der Waals surface area (Å²) >= 11 is 1.86. The van der Waals surface area contributed by atoms with Gasteiger partial charge in [-0.2, -0.15) is 0 Å². The molecule has 12 rings (SSSR count). The molecule has 4 aromatic heterocycles. The Balaban J connectivity index is 1.17. The Kier molecular flexibility index (Phi) is 6.47. The molecule has 256 valence electrons. The minimum atomic E-state index is 0.864. The van der Waals surface area contributed by atoms with Crippen molar-refractivity contribution < 1.29 is 0 Å². The second-order valence-electron chi connectivity index (χ2n) is 14.2. The van der Waals surface area contributed by atoms with Crippen molar-refractivity contribution in [2.24, 2.45) is 0 Å². The SMILES string of the molecule is c1ccc(-c2nc3ccccc3nc2-c2cccc(-n3c4ccccc4c4ccc5c6ccccc6n(-c6ccc7c(c6)sc6ccccc67)c5c43)c2)cc1. The fourth-order valence-corrected chi connectivity index (χ4v) is 9.82. The third kappa shape index (κ3) is 4.51. The predicted octanol–water partition coefficient (Wildman–Crippen LogP) is 13.5. The van der Waals surface area contributed by atoms with E-state index >= 15 is 0 Å². The molecule has 0 saturated carbocycles. The molecule has 4 nitrogen and oxygen atoms in total. The molecule has 0 atom stereocenters. The van der Waals surface area contributed by atoms with Gasteiger partial charge in [-0.15, -0.1) is 11.3 Å². The Morgan fingerprint density at radius 1 is 0.345 bits per heavy atom. The lowest BCUT2D eigenvalue weighted by Gasteiger charge is -2.15. The zero-order valence-electron chi connectivity index (χ0n) is 29.5. The van der Waals surface area contributed by atoms with Crippen LogP contribution in [0, 0.1) is 0 Å². The standard InChI is InChI=1S/C50H30N4S/c1-2-13-31(14-3-1)47-48(52-42-21-8-7-20-41(42)51-47)32-15-12-16-33(29-32)53-43-22-9-4-17-35(43)39-27-28-40-36-18-5-10-23-44(36)54(50(40)49(39)53)34-25-26-38-37-19-6-11-24-45(37)55-46(38)30-34/h1-30H. The molecular formula is C50H30N4S. The maximum absolute atomic E-state index is 5.27. The lowest BCUT2D eigenvalue weighted by Crippen LogP contribution is -2.00. The normalized spacial score (nSPS) is 12.0. The van der Waals surface area contributed by atoms with Crippen molar-refractivity contribution >= 4 is 86.2 Å². The molecule has 0 spiro atoms. The topological polar surface area (TPSA) is 35.6 Å². The predicted molar refractivity (Wildman–Crippen MR) is 232 cm³/mol. The van der Waals surface area contributed by atoms with Gasteiger partial charge in [0.1, 0.15) is 0 Å². The molecule has 4 heterocycles. The van der Waals surface area contributed by atoms with E-state index in [9.17, 15) is 0 Å². The van der Waals surface area contributed by atoms with Crippen LogP contribution >= 0.6 is 11.3 Å². The molecular weight excluding hydrogens is 689 g/mol. The van der Waals surface area contributed by atoms with E-state index in [0.29, 0.717) is 0 Å². The van der Waals surface area contributed by atoms with E-state index < -0.39 is 0 Å². The van der Waals surface area contributed by atoms with E-state index in [1.54, 1.807) is 0 Å². The maximum atomic E-state index is 5.27. The smallest absolute Gasteiger partial charge is 0.0973 e. The summed E-state index contributed by atoms with van der Waals surface area (Å²) in [6, 6.07) is 65.3. The highest BCUT2D eigenvalue weighted by atomic mass is 32.1. The number of hydrogen-bond donors (Lipinski definition) is 0. The summed E-state index contributed by atoms with van der Waals surface area (Å²) in [4.78, 5) is 10.5. The van der Waals surface area contributed by atoms with Crippen LogP contribution in [0.15, 0.2) is 182 Å². The number of benzene rings is 8. The van der Waals surface area contributed by atoms with E-state index in [2.05, 4.69) is 161 Å². The maximum Gasteiger partial charge on any atom is 0.0973 e. The zero-order chi connectivity index (χ0) is 36.0. The van der Waals surface area contributed by atoms with Crippen LogP contribution < -0.4 is 0 Å². The molecule has 0 saturated heterocycles. The number of rotatable bonds is 4. The van der Waals surface area contributed by atoms with Crippen molar-refractivity contribution in [3.05, 3.63) is 182 Å². The molecule has 5 heteroatoms. The minimum absolute atomic E-state index is 0.864. The Morgan fingerprint density at radius 2 is 0.855 bits per heavy atom. The first-order valence-electron chi connectivity index (χ1n) is 18.6. The molecule has 0 N–H and O–H groups in total. The Labute approximate surface area is 319 Å². The van der Waals surface area contributed by atoms with Gasteiger partial charge in [0.15, 0.2) is 0 Å². The summed E-state index contributed by atoms with van der Waals surface area (Å²) in [6.07, 6.45) is 0. The summed E-state index contributed by atoms with van der Waals surface area (Å²) in [6.45, 7) is 0. The largest absolute Gasteiger partial charge is 0.307 e. The second-order valence-corrected chi connectivity index (χ2v) is 15.3. The molecule has 0 fully saturated rings. The first-order valence-corrected chi connectivity index (χ1v) is 19.4. The van der Waals surface area contributed by atoms with Crippen molar-refractivity contribution in [3.63, 3.8) is 0 Å². The summed E-state index contributed by atoms with van der Waals surface area (Å²) in [5, 5.41) is 7.51. The van der Waals surface area contributed by atoms with Crippen LogP contribution in [0.4, 0.5) is 0 Å². The zero-order valence-corrected chi connectivity index (χ0v) is 30.3. The first-order chi connectivity index (χ1) is 27.3. The molecule has 0 radical (unpaired) electrons. The third-order valence-corrected chi connectivity index (χ3v) is 12.2. The lowest BCUT2D eigenvalue weighted by atomic mass is 10.0. The average molecular weight is 719 g/mol. The highest BCUT2D eigenvalue weighted by Gasteiger charge is 2.22. The van der Waals surface area contributed by atoms with Gasteiger partial charge < -0.3 is 9.13 Å². The fourth-order valence-electron chi connectivity index (χ4n) is 8.68. The van der Waals surface area contributed by atoms with Gasteiger partial charge in [0, 0.05) is 64.2 Å². The molecule has 0 bridgehead atoms. The number of nitrogens with zero attached hydrogens (tertiary/aromatic N) is 4. The van der Waals surface area contributed by atoms with E-state index in [1.807, 2.05) is 41.7 Å². The Hall–Kier alpha value is -7.08. The molecule has 0 amide bonds. The van der Waals surface area contributed by atoms with Gasteiger partial charge in [-0.25, -0.2) is 9.97 Å². The van der Waals surface area contributed by atoms with E-state index in [4.69, 9.17) is 9.97 Å². The quantitative estimate of drug-likeness (QED) is 0.182. The number of aromatic nitrogens is 4. The van der Waals surface area contributed by atoms with Gasteiger partial charge in [0.25, 0.3) is 0 Å². The highest BCUT2D eigenvalue weighted by Crippen LogP contribution is 2.43. The fraction of sp³-hybridized carbons (Fsp3) is 0. The van der Waals surface area contributed by atoms with Crippen molar-refractivity contribution in [2.75, 3.05) is 0 Å². The average Bonchev–Trinajstić information content (AvgIpc) is 3.91. The van der Waals surface area contributed by atoms with Crippen LogP contribution in [-0.2, 0) is 0 Å². The van der Waals surface area contributed by atoms with E-state index in [-0.39, 0.29) is 0 Å². The molecule has 0 aliphatic rings. The number of hydrogen-bond acceptors (Lipinski definition) is 3. The highest BCUT2D eigenvalue weighted by molar-refractivity contribution is 7.25. The Bertz CT molecular complexity index is 3500. The molecule has 0 unspecified atom stereocenters. The van der Waals surface area contributed by atoms with Gasteiger partial charge in [0.2, 0.25) is 0 Å². The van der Waals surface area contributed by atoms with Gasteiger partial charge in [0.05, 0.1) is 44.5 Å². The van der Waals surface area contributed by atoms with Crippen molar-refractivity contribution in [3.8, 4) is 33.9 Å². The van der Waals surface area contributed by atoms with Gasteiger partial charge >= 0.3 is 0 Å². The Morgan fingerprint density at radius 3 is 1.55 bits per heavy atom. The van der Waals surface area contributed by atoms with Gasteiger partial charge in [-0.05, 0) is 54.6 Å². The van der Waals surface area contributed by atoms with Crippen LogP contribution in [0.1, 0.15) is 0 Å². The van der Waals surface area contributed by atoms with Gasteiger partial charge in [-0.3, -0.25) is 0 Å². The number of thiophene rings is 1. The van der Waals surface area contributed by atoms with E-state index in [0.717, 1.165) is 50.4 Å². The van der Waals surface area contributed by atoms with Crippen LogP contribution in [0.5, 0.6) is 0 Å². The monoisotopic (exact) mass is 718 g/mol. The summed E-state index contributed by atoms with van der Waals surface area (Å²) in [5.41, 5.74) is 12.5. The van der Waals surface area contributed by atoms with Crippen molar-refractivity contribution in [2.45, 2.75) is 0 Å². The number of para-hydroxylation sites is 4. The third-order valence-electron chi connectivity index (χ3n) is 11.1. The van der Waals surface area contributed by atoms with Crippen molar-refractivity contribution in [1.29, 1.82) is 0 Å². The molecule has 0 aliphatic carbocycles. The second kappa shape index (κ2) is 11.7. The van der Waals surface area contributed by atoms with Crippen LogP contribution in [0.25, 0.3) is 109 Å². The molecule has 12 aromatic rings. The molecule has 55 heavy (non-hydrogen) atoms. The summed E-state index contributed by atoms with van der Waals surface area (Å²) in [5.74, 6) is 0. The van der Waals surface area contributed by atoms with Crippen molar-refractivity contribution in [1.82, 2.24) is 19.1 Å². The van der Waals surface area contributed by atoms with Crippen LogP contribution in [-0.4, -0.2) is 19.1 Å². The minimum Gasteiger partial charge on any atom is -0.307 e. The van der Waals surface area contributed by atoms with E-state index in [1.165, 1.54) is 58.3 Å². The first kappa shape index (κ1) is 30.4. The lowest BCUT2D eigenvalue weighted by molar-refractivity contribution is 1.15. The molecule has 8 aromatic carbocycles. The number of fused-ring (bicyclic) bond motifs is 11. The molecule has 0 aliphatic heterocycles. The van der Waals surface area contributed by atoms with Crippen LogP contribution in [0.2, 0.25) is 0 Å². The summed E-state index contributed by atoms with van der Waals surface area (Å²) in [7, 11) is 0. The van der Waals surface area contributed by atoms with Crippen LogP contribution in [0.3, 0.4) is 0 Å². The van der Waals surface area contributed by atoms with Gasteiger partial charge in [-0.1, -0.05) is 127 Å².